The van der Waals surface area contributed by atoms with E-state index in [4.69, 9.17) is 15.7 Å². The molecule has 0 radical (unpaired) electrons. The van der Waals surface area contributed by atoms with E-state index in [0.717, 1.165) is 24.9 Å². The molecule has 0 bridgehead atoms. The van der Waals surface area contributed by atoms with E-state index >= 15 is 0 Å². The fourth-order valence-electron chi connectivity index (χ4n) is 3.03. The smallest absolute Gasteiger partial charge is 0.136 e. The Labute approximate surface area is 124 Å². The second-order valence-corrected chi connectivity index (χ2v) is 5.56. The van der Waals surface area contributed by atoms with E-state index in [0.29, 0.717) is 11.3 Å². The summed E-state index contributed by atoms with van der Waals surface area (Å²) in [6, 6.07) is 8.08. The molecule has 4 nitrogen and oxygen atoms in total. The van der Waals surface area contributed by atoms with Gasteiger partial charge in [-0.3, -0.25) is 0 Å². The standard InChI is InChI=1S/C17H19N3O/c1-21-17-6-5-12(7-14(17)8-18)9-20-10-13-3-2-4-16(19)15(13)11-20/h5-7,10-11,16H,2-4,9,19H2,1H3. The molecule has 0 fully saturated rings. The number of rotatable bonds is 3. The molecule has 1 heterocycles. The van der Waals surface area contributed by atoms with Crippen LogP contribution >= 0.6 is 0 Å². The van der Waals surface area contributed by atoms with Gasteiger partial charge in [-0.15, -0.1) is 0 Å². The highest BCUT2D eigenvalue weighted by molar-refractivity contribution is 5.45. The molecule has 0 aliphatic heterocycles. The molecule has 0 saturated carbocycles. The van der Waals surface area contributed by atoms with Crippen LogP contribution in [0.2, 0.25) is 0 Å². The van der Waals surface area contributed by atoms with Crippen LogP contribution in [0.25, 0.3) is 0 Å². The average Bonchev–Trinajstić information content (AvgIpc) is 2.91. The van der Waals surface area contributed by atoms with Gasteiger partial charge in [0.1, 0.15) is 11.8 Å². The van der Waals surface area contributed by atoms with Gasteiger partial charge in [0.15, 0.2) is 0 Å². The molecule has 4 heteroatoms. The van der Waals surface area contributed by atoms with Crippen LogP contribution in [0.1, 0.15) is 41.1 Å². The molecule has 1 atom stereocenters. The second-order valence-electron chi connectivity index (χ2n) is 5.56. The van der Waals surface area contributed by atoms with E-state index in [9.17, 15) is 0 Å². The minimum atomic E-state index is 0.167. The SMILES string of the molecule is COc1ccc(Cn2cc3c(c2)C(N)CCC3)cc1C#N. The molecule has 1 aliphatic rings. The van der Waals surface area contributed by atoms with E-state index < -0.39 is 0 Å². The van der Waals surface area contributed by atoms with E-state index in [2.05, 4.69) is 23.0 Å². The number of benzene rings is 1. The lowest BCUT2D eigenvalue weighted by Gasteiger charge is -2.17. The second kappa shape index (κ2) is 5.63. The van der Waals surface area contributed by atoms with Gasteiger partial charge >= 0.3 is 0 Å². The van der Waals surface area contributed by atoms with Crippen molar-refractivity contribution >= 4 is 0 Å². The van der Waals surface area contributed by atoms with Crippen molar-refractivity contribution in [2.75, 3.05) is 7.11 Å². The van der Waals surface area contributed by atoms with Crippen molar-refractivity contribution in [2.45, 2.75) is 31.8 Å². The zero-order chi connectivity index (χ0) is 14.8. The van der Waals surface area contributed by atoms with E-state index in [1.54, 1.807) is 7.11 Å². The van der Waals surface area contributed by atoms with Crippen molar-refractivity contribution in [1.82, 2.24) is 4.57 Å². The van der Waals surface area contributed by atoms with Gasteiger partial charge < -0.3 is 15.0 Å². The van der Waals surface area contributed by atoms with E-state index in [1.165, 1.54) is 17.5 Å². The maximum Gasteiger partial charge on any atom is 0.136 e. The monoisotopic (exact) mass is 281 g/mol. The van der Waals surface area contributed by atoms with Crippen LogP contribution < -0.4 is 10.5 Å². The van der Waals surface area contributed by atoms with Crippen LogP contribution in [0, 0.1) is 11.3 Å². The highest BCUT2D eigenvalue weighted by atomic mass is 16.5. The Morgan fingerprint density at radius 3 is 3.00 bits per heavy atom. The molecule has 1 aromatic carbocycles. The fraction of sp³-hybridized carbons (Fsp3) is 0.353. The van der Waals surface area contributed by atoms with Crippen LogP contribution in [0.5, 0.6) is 5.75 Å². The van der Waals surface area contributed by atoms with Gasteiger partial charge in [0.05, 0.1) is 12.7 Å². The molecule has 0 spiro atoms. The predicted octanol–water partition coefficient (Wildman–Crippen LogP) is 2.75. The quantitative estimate of drug-likeness (QED) is 0.940. The molecular weight excluding hydrogens is 262 g/mol. The minimum absolute atomic E-state index is 0.167. The molecule has 0 saturated heterocycles. The summed E-state index contributed by atoms with van der Waals surface area (Å²) in [4.78, 5) is 0. The van der Waals surface area contributed by atoms with Gasteiger partial charge in [0.25, 0.3) is 0 Å². The molecule has 2 N–H and O–H groups in total. The van der Waals surface area contributed by atoms with E-state index in [1.807, 2.05) is 18.2 Å². The van der Waals surface area contributed by atoms with Crippen molar-refractivity contribution in [3.05, 3.63) is 52.8 Å². The lowest BCUT2D eigenvalue weighted by Crippen LogP contribution is -2.15. The van der Waals surface area contributed by atoms with Crippen molar-refractivity contribution in [1.29, 1.82) is 5.26 Å². The van der Waals surface area contributed by atoms with Crippen molar-refractivity contribution in [3.63, 3.8) is 0 Å². The zero-order valence-electron chi connectivity index (χ0n) is 12.2. The van der Waals surface area contributed by atoms with Gasteiger partial charge in [-0.25, -0.2) is 0 Å². The lowest BCUT2D eigenvalue weighted by molar-refractivity contribution is 0.413. The molecule has 2 aromatic rings. The van der Waals surface area contributed by atoms with Crippen molar-refractivity contribution < 1.29 is 4.74 Å². The largest absolute Gasteiger partial charge is 0.495 e. The summed E-state index contributed by atoms with van der Waals surface area (Å²) in [5.41, 5.74) is 10.5. The summed E-state index contributed by atoms with van der Waals surface area (Å²) < 4.78 is 7.34. The van der Waals surface area contributed by atoms with Crippen molar-refractivity contribution in [3.8, 4) is 11.8 Å². The maximum atomic E-state index is 9.15. The summed E-state index contributed by atoms with van der Waals surface area (Å²) >= 11 is 0. The first-order chi connectivity index (χ1) is 10.2. The van der Waals surface area contributed by atoms with Gasteiger partial charge in [0.2, 0.25) is 0 Å². The van der Waals surface area contributed by atoms with Gasteiger partial charge in [-0.1, -0.05) is 6.07 Å². The van der Waals surface area contributed by atoms with E-state index in [-0.39, 0.29) is 6.04 Å². The number of aromatic nitrogens is 1. The molecule has 1 aliphatic carbocycles. The van der Waals surface area contributed by atoms with Crippen LogP contribution in [0.4, 0.5) is 0 Å². The maximum absolute atomic E-state index is 9.15. The topological polar surface area (TPSA) is 64.0 Å². The Hall–Kier alpha value is -2.25. The van der Waals surface area contributed by atoms with Crippen molar-refractivity contribution in [2.24, 2.45) is 5.73 Å². The molecule has 1 aromatic heterocycles. The number of ether oxygens (including phenoxy) is 1. The molecule has 108 valence electrons. The van der Waals surface area contributed by atoms with Crippen LogP contribution in [-0.4, -0.2) is 11.7 Å². The van der Waals surface area contributed by atoms with Gasteiger partial charge in [0, 0.05) is 25.0 Å². The molecule has 3 rings (SSSR count). The molecule has 0 amide bonds. The highest BCUT2D eigenvalue weighted by Crippen LogP contribution is 2.29. The molecular formula is C17H19N3O. The van der Waals surface area contributed by atoms with Gasteiger partial charge in [-0.2, -0.15) is 5.26 Å². The third kappa shape index (κ3) is 2.65. The first kappa shape index (κ1) is 13.7. The number of aryl methyl sites for hydroxylation is 1. The molecule has 1 unspecified atom stereocenters. The Balaban J connectivity index is 1.86. The normalized spacial score (nSPS) is 17.1. The van der Waals surface area contributed by atoms with Gasteiger partial charge in [-0.05, 0) is 48.1 Å². The van der Waals surface area contributed by atoms with Crippen LogP contribution in [-0.2, 0) is 13.0 Å². The summed E-state index contributed by atoms with van der Waals surface area (Å²) in [6.45, 7) is 0.748. The zero-order valence-corrected chi connectivity index (χ0v) is 12.2. The number of fused-ring (bicyclic) bond motifs is 1. The number of nitriles is 1. The number of nitrogens with two attached hydrogens (primary N) is 1. The Bertz CT molecular complexity index is 697. The summed E-state index contributed by atoms with van der Waals surface area (Å²) in [6.07, 6.45) is 7.68. The first-order valence-corrected chi connectivity index (χ1v) is 7.22. The average molecular weight is 281 g/mol. The fourth-order valence-corrected chi connectivity index (χ4v) is 3.03. The lowest BCUT2D eigenvalue weighted by atomic mass is 9.92. The Kier molecular flexibility index (Phi) is 3.68. The summed E-state index contributed by atoms with van der Waals surface area (Å²) in [7, 11) is 1.58. The number of hydrogen-bond acceptors (Lipinski definition) is 3. The number of hydrogen-bond donors (Lipinski definition) is 1. The van der Waals surface area contributed by atoms with Crippen LogP contribution in [0.15, 0.2) is 30.6 Å². The Morgan fingerprint density at radius 2 is 2.29 bits per heavy atom. The van der Waals surface area contributed by atoms with Crippen LogP contribution in [0.3, 0.4) is 0 Å². The summed E-state index contributed by atoms with van der Waals surface area (Å²) in [5, 5.41) is 9.15. The Morgan fingerprint density at radius 1 is 1.43 bits per heavy atom. The highest BCUT2D eigenvalue weighted by Gasteiger charge is 2.18. The number of methoxy groups -OCH3 is 1. The minimum Gasteiger partial charge on any atom is -0.495 e. The summed E-state index contributed by atoms with van der Waals surface area (Å²) in [5.74, 6) is 0.620. The first-order valence-electron chi connectivity index (χ1n) is 7.22. The predicted molar refractivity (Wildman–Crippen MR) is 81.1 cm³/mol. The number of nitrogens with zero attached hydrogens (tertiary/aromatic N) is 2. The third-order valence-corrected chi connectivity index (χ3v) is 4.11. The molecule has 21 heavy (non-hydrogen) atoms. The third-order valence-electron chi connectivity index (χ3n) is 4.11.